The fraction of sp³-hybridized carbons (Fsp3) is 0.583. The zero-order valence-corrected chi connectivity index (χ0v) is 11.8. The van der Waals surface area contributed by atoms with Crippen LogP contribution in [0.25, 0.3) is 0 Å². The molecule has 0 fully saturated rings. The van der Waals surface area contributed by atoms with Gasteiger partial charge < -0.3 is 4.74 Å². The van der Waals surface area contributed by atoms with Crippen molar-refractivity contribution in [2.75, 3.05) is 0 Å². The first-order valence-electron chi connectivity index (χ1n) is 5.57. The standard InChI is InChI=1S/C12H20N2O2S/c1-8-6-10(7-17-8)9(2)13-14-11(15)16-12(3,4)5/h6-7,9,13H,1-5H3,(H,14,15). The molecule has 96 valence electrons. The van der Waals surface area contributed by atoms with E-state index in [1.165, 1.54) is 4.88 Å². The van der Waals surface area contributed by atoms with Gasteiger partial charge in [0.05, 0.1) is 0 Å². The van der Waals surface area contributed by atoms with Crippen molar-refractivity contribution in [2.45, 2.75) is 46.3 Å². The molecule has 1 aromatic rings. The van der Waals surface area contributed by atoms with E-state index in [9.17, 15) is 4.79 Å². The van der Waals surface area contributed by atoms with E-state index in [2.05, 4.69) is 29.2 Å². The van der Waals surface area contributed by atoms with E-state index in [0.29, 0.717) is 0 Å². The molecule has 1 heterocycles. The highest BCUT2D eigenvalue weighted by atomic mass is 32.1. The summed E-state index contributed by atoms with van der Waals surface area (Å²) in [5.74, 6) is 0. The Balaban J connectivity index is 2.38. The van der Waals surface area contributed by atoms with E-state index >= 15 is 0 Å². The van der Waals surface area contributed by atoms with Crippen LogP contribution < -0.4 is 10.9 Å². The Morgan fingerprint density at radius 2 is 2.12 bits per heavy atom. The third kappa shape index (κ3) is 5.19. The van der Waals surface area contributed by atoms with Crippen LogP contribution >= 0.6 is 11.3 Å². The van der Waals surface area contributed by atoms with Crippen molar-refractivity contribution in [2.24, 2.45) is 0 Å². The Labute approximate surface area is 106 Å². The van der Waals surface area contributed by atoms with Crippen LogP contribution in [0.4, 0.5) is 4.79 Å². The summed E-state index contributed by atoms with van der Waals surface area (Å²) in [4.78, 5) is 12.7. The number of ether oxygens (including phenoxy) is 1. The van der Waals surface area contributed by atoms with Crippen LogP contribution in [0.1, 0.15) is 44.2 Å². The van der Waals surface area contributed by atoms with E-state index < -0.39 is 11.7 Å². The molecule has 0 saturated heterocycles. The molecule has 1 atom stereocenters. The average Bonchev–Trinajstić information content (AvgIpc) is 2.58. The predicted octanol–water partition coefficient (Wildman–Crippen LogP) is 3.15. The third-order valence-electron chi connectivity index (χ3n) is 2.04. The van der Waals surface area contributed by atoms with Gasteiger partial charge in [-0.05, 0) is 51.6 Å². The number of rotatable bonds is 3. The number of amides is 1. The van der Waals surface area contributed by atoms with Gasteiger partial charge in [0.15, 0.2) is 0 Å². The number of carbonyl (C=O) groups is 1. The van der Waals surface area contributed by atoms with Crippen molar-refractivity contribution < 1.29 is 9.53 Å². The second-order valence-corrected chi connectivity index (χ2v) is 6.10. The van der Waals surface area contributed by atoms with Gasteiger partial charge >= 0.3 is 6.09 Å². The van der Waals surface area contributed by atoms with Crippen molar-refractivity contribution in [3.8, 4) is 0 Å². The Bertz CT molecular complexity index is 382. The molecule has 0 aliphatic carbocycles. The number of hydrogen-bond donors (Lipinski definition) is 2. The molecule has 1 aromatic heterocycles. The van der Waals surface area contributed by atoms with Crippen molar-refractivity contribution in [1.29, 1.82) is 0 Å². The van der Waals surface area contributed by atoms with Crippen LogP contribution in [0.3, 0.4) is 0 Å². The minimum atomic E-state index is -0.478. The van der Waals surface area contributed by atoms with E-state index in [1.807, 2.05) is 27.7 Å². The monoisotopic (exact) mass is 256 g/mol. The molecule has 2 N–H and O–H groups in total. The van der Waals surface area contributed by atoms with Gasteiger partial charge in [-0.1, -0.05) is 0 Å². The van der Waals surface area contributed by atoms with Gasteiger partial charge in [-0.25, -0.2) is 10.2 Å². The molecule has 1 rings (SSSR count). The topological polar surface area (TPSA) is 50.4 Å². The SMILES string of the molecule is Cc1cc(C(C)NNC(=O)OC(C)(C)C)cs1. The molecule has 0 spiro atoms. The quantitative estimate of drug-likeness (QED) is 0.817. The molecule has 17 heavy (non-hydrogen) atoms. The number of nitrogens with one attached hydrogen (secondary N) is 2. The molecular weight excluding hydrogens is 236 g/mol. The Morgan fingerprint density at radius 3 is 2.59 bits per heavy atom. The van der Waals surface area contributed by atoms with Crippen LogP contribution in [0.2, 0.25) is 0 Å². The first kappa shape index (κ1) is 14.0. The maximum Gasteiger partial charge on any atom is 0.422 e. The Hall–Kier alpha value is -1.07. The lowest BCUT2D eigenvalue weighted by Gasteiger charge is -2.21. The van der Waals surface area contributed by atoms with E-state index in [-0.39, 0.29) is 6.04 Å². The molecule has 0 radical (unpaired) electrons. The van der Waals surface area contributed by atoms with E-state index in [0.717, 1.165) is 5.56 Å². The highest BCUT2D eigenvalue weighted by molar-refractivity contribution is 7.10. The molecule has 0 aliphatic rings. The summed E-state index contributed by atoms with van der Waals surface area (Å²) in [6.07, 6.45) is -0.462. The maximum absolute atomic E-state index is 11.4. The van der Waals surface area contributed by atoms with Crippen molar-refractivity contribution in [3.05, 3.63) is 21.9 Å². The normalized spacial score (nSPS) is 13.2. The molecule has 4 nitrogen and oxygen atoms in total. The number of thiophene rings is 1. The fourth-order valence-electron chi connectivity index (χ4n) is 1.24. The largest absolute Gasteiger partial charge is 0.443 e. The molecule has 0 aromatic carbocycles. The minimum Gasteiger partial charge on any atom is -0.443 e. The Morgan fingerprint density at radius 1 is 1.47 bits per heavy atom. The van der Waals surface area contributed by atoms with Gasteiger partial charge in [0.25, 0.3) is 0 Å². The van der Waals surface area contributed by atoms with Crippen molar-refractivity contribution in [3.63, 3.8) is 0 Å². The zero-order valence-electron chi connectivity index (χ0n) is 11.0. The Kier molecular flexibility index (Phi) is 4.54. The van der Waals surface area contributed by atoms with E-state index in [1.54, 1.807) is 11.3 Å². The molecular formula is C12H20N2O2S. The lowest BCUT2D eigenvalue weighted by Crippen LogP contribution is -2.42. The lowest BCUT2D eigenvalue weighted by atomic mass is 10.2. The summed E-state index contributed by atoms with van der Waals surface area (Å²) in [7, 11) is 0. The number of carbonyl (C=O) groups excluding carboxylic acids is 1. The highest BCUT2D eigenvalue weighted by Crippen LogP contribution is 2.19. The molecule has 1 unspecified atom stereocenters. The first-order chi connectivity index (χ1) is 7.78. The third-order valence-corrected chi connectivity index (χ3v) is 2.92. The molecule has 0 aliphatic heterocycles. The smallest absolute Gasteiger partial charge is 0.422 e. The van der Waals surface area contributed by atoms with Crippen molar-refractivity contribution >= 4 is 17.4 Å². The summed E-state index contributed by atoms with van der Waals surface area (Å²) in [6.45, 7) is 9.54. The second-order valence-electron chi connectivity index (χ2n) is 4.98. The lowest BCUT2D eigenvalue weighted by molar-refractivity contribution is 0.0489. The van der Waals surface area contributed by atoms with Crippen LogP contribution in [0, 0.1) is 6.92 Å². The maximum atomic E-state index is 11.4. The van der Waals surface area contributed by atoms with Crippen LogP contribution in [0.5, 0.6) is 0 Å². The highest BCUT2D eigenvalue weighted by Gasteiger charge is 2.16. The molecule has 1 amide bonds. The summed E-state index contributed by atoms with van der Waals surface area (Å²) >= 11 is 1.69. The molecule has 5 heteroatoms. The zero-order chi connectivity index (χ0) is 13.1. The van der Waals surface area contributed by atoms with Crippen molar-refractivity contribution in [1.82, 2.24) is 10.9 Å². The van der Waals surface area contributed by atoms with Gasteiger partial charge in [-0.3, -0.25) is 5.43 Å². The van der Waals surface area contributed by atoms with Gasteiger partial charge in [-0.2, -0.15) is 0 Å². The number of aryl methyl sites for hydroxylation is 1. The van der Waals surface area contributed by atoms with Crippen LogP contribution in [-0.4, -0.2) is 11.7 Å². The average molecular weight is 256 g/mol. The van der Waals surface area contributed by atoms with Crippen LogP contribution in [0.15, 0.2) is 11.4 Å². The van der Waals surface area contributed by atoms with Gasteiger partial charge in [0.1, 0.15) is 5.60 Å². The van der Waals surface area contributed by atoms with E-state index in [4.69, 9.17) is 4.74 Å². The van der Waals surface area contributed by atoms with Gasteiger partial charge in [-0.15, -0.1) is 11.3 Å². The summed E-state index contributed by atoms with van der Waals surface area (Å²) in [6, 6.07) is 2.16. The fourth-order valence-corrected chi connectivity index (χ4v) is 2.04. The summed E-state index contributed by atoms with van der Waals surface area (Å²) in [5.41, 5.74) is 6.13. The van der Waals surface area contributed by atoms with Gasteiger partial charge in [0, 0.05) is 10.9 Å². The predicted molar refractivity (Wildman–Crippen MR) is 70.0 cm³/mol. The minimum absolute atomic E-state index is 0.0625. The second kappa shape index (κ2) is 5.51. The van der Waals surface area contributed by atoms with Gasteiger partial charge in [0.2, 0.25) is 0 Å². The number of hydrogen-bond acceptors (Lipinski definition) is 4. The summed E-state index contributed by atoms with van der Waals surface area (Å²) < 4.78 is 5.12. The summed E-state index contributed by atoms with van der Waals surface area (Å²) in [5, 5.41) is 2.07. The first-order valence-corrected chi connectivity index (χ1v) is 6.45. The molecule has 0 saturated carbocycles. The van der Waals surface area contributed by atoms with Crippen LogP contribution in [-0.2, 0) is 4.74 Å². The number of hydrazine groups is 1. The molecule has 0 bridgehead atoms.